The summed E-state index contributed by atoms with van der Waals surface area (Å²) in [6.07, 6.45) is 0.699. The van der Waals surface area contributed by atoms with Crippen LogP contribution in [0.3, 0.4) is 0 Å². The summed E-state index contributed by atoms with van der Waals surface area (Å²) in [7, 11) is -3.76. The van der Waals surface area contributed by atoms with Crippen LogP contribution in [-0.2, 0) is 16.4 Å². The molecule has 3 aromatic carbocycles. The fourth-order valence-electron chi connectivity index (χ4n) is 2.63. The van der Waals surface area contributed by atoms with Gasteiger partial charge in [-0.15, -0.1) is 0 Å². The van der Waals surface area contributed by atoms with Crippen LogP contribution in [0.1, 0.15) is 15.9 Å². The van der Waals surface area contributed by atoms with Gasteiger partial charge in [0, 0.05) is 6.54 Å². The van der Waals surface area contributed by atoms with E-state index in [-0.39, 0.29) is 22.1 Å². The highest BCUT2D eigenvalue weighted by atomic mass is 32.2. The van der Waals surface area contributed by atoms with Crippen molar-refractivity contribution in [3.8, 4) is 0 Å². The average Bonchev–Trinajstić information content (AvgIpc) is 2.69. The second kappa shape index (κ2) is 8.51. The fraction of sp³-hybridized carbons (Fsp3) is 0.0952. The summed E-state index contributed by atoms with van der Waals surface area (Å²) in [6.45, 7) is 0.461. The van der Waals surface area contributed by atoms with E-state index in [2.05, 4.69) is 10.0 Å². The molecule has 0 atom stereocenters. The number of para-hydroxylation sites is 1. The summed E-state index contributed by atoms with van der Waals surface area (Å²) in [5.41, 5.74) is 1.65. The minimum absolute atomic E-state index is 0.143. The fourth-order valence-corrected chi connectivity index (χ4v) is 3.73. The second-order valence-electron chi connectivity index (χ2n) is 5.96. The Labute approximate surface area is 159 Å². The third kappa shape index (κ3) is 4.95. The predicted octanol–water partition coefficient (Wildman–Crippen LogP) is 3.46. The van der Waals surface area contributed by atoms with E-state index in [0.29, 0.717) is 13.0 Å². The number of hydrogen-bond donors (Lipinski definition) is 2. The maximum Gasteiger partial charge on any atom is 0.261 e. The number of anilines is 1. The van der Waals surface area contributed by atoms with E-state index in [0.717, 1.165) is 5.56 Å². The number of sulfonamides is 1. The molecular weight excluding hydrogens is 360 g/mol. The summed E-state index contributed by atoms with van der Waals surface area (Å²) in [5, 5.41) is 2.84. The third-order valence-corrected chi connectivity index (χ3v) is 5.39. The molecule has 3 aromatic rings. The first-order valence-corrected chi connectivity index (χ1v) is 10.0. The molecule has 6 heteroatoms. The molecule has 0 aliphatic rings. The van der Waals surface area contributed by atoms with Crippen molar-refractivity contribution in [2.24, 2.45) is 0 Å². The van der Waals surface area contributed by atoms with Gasteiger partial charge >= 0.3 is 0 Å². The molecule has 27 heavy (non-hydrogen) atoms. The lowest BCUT2D eigenvalue weighted by atomic mass is 10.1. The van der Waals surface area contributed by atoms with E-state index in [1.165, 1.54) is 12.1 Å². The standard InChI is InChI=1S/C21H20N2O3S/c24-21(22-16-15-17-9-3-1-4-10-17)19-13-7-8-14-20(19)23-27(25,26)18-11-5-2-6-12-18/h1-14,23H,15-16H2,(H,22,24). The molecular formula is C21H20N2O3S. The normalized spacial score (nSPS) is 11.0. The van der Waals surface area contributed by atoms with Gasteiger partial charge in [-0.05, 0) is 36.2 Å². The van der Waals surface area contributed by atoms with Crippen LogP contribution in [0.15, 0.2) is 89.8 Å². The number of benzene rings is 3. The number of amides is 1. The van der Waals surface area contributed by atoms with Gasteiger partial charge < -0.3 is 5.32 Å². The average molecular weight is 380 g/mol. The molecule has 0 spiro atoms. The van der Waals surface area contributed by atoms with Crippen molar-refractivity contribution < 1.29 is 13.2 Å². The van der Waals surface area contributed by atoms with Gasteiger partial charge in [0.05, 0.1) is 16.1 Å². The van der Waals surface area contributed by atoms with Gasteiger partial charge in [-0.2, -0.15) is 0 Å². The minimum atomic E-state index is -3.76. The van der Waals surface area contributed by atoms with Crippen LogP contribution in [0, 0.1) is 0 Å². The Morgan fingerprint density at radius 1 is 0.778 bits per heavy atom. The van der Waals surface area contributed by atoms with Crippen LogP contribution in [0.4, 0.5) is 5.69 Å². The van der Waals surface area contributed by atoms with Crippen molar-refractivity contribution in [2.75, 3.05) is 11.3 Å². The molecule has 1 amide bonds. The van der Waals surface area contributed by atoms with Crippen molar-refractivity contribution >= 4 is 21.6 Å². The molecule has 3 rings (SSSR count). The van der Waals surface area contributed by atoms with Gasteiger partial charge in [0.15, 0.2) is 0 Å². The van der Waals surface area contributed by atoms with Crippen LogP contribution in [0.2, 0.25) is 0 Å². The van der Waals surface area contributed by atoms with Crippen LogP contribution >= 0.6 is 0 Å². The Balaban J connectivity index is 1.71. The Bertz CT molecular complexity index is 1000. The number of carbonyl (C=O) groups is 1. The van der Waals surface area contributed by atoms with E-state index < -0.39 is 10.0 Å². The molecule has 0 saturated heterocycles. The summed E-state index contributed by atoms with van der Waals surface area (Å²) < 4.78 is 27.6. The van der Waals surface area contributed by atoms with Gasteiger partial charge in [0.2, 0.25) is 0 Å². The summed E-state index contributed by atoms with van der Waals surface area (Å²) >= 11 is 0. The third-order valence-electron chi connectivity index (χ3n) is 4.01. The quantitative estimate of drug-likeness (QED) is 0.659. The van der Waals surface area contributed by atoms with Crippen LogP contribution in [0.25, 0.3) is 0 Å². The first kappa shape index (κ1) is 18.7. The van der Waals surface area contributed by atoms with Crippen molar-refractivity contribution in [1.29, 1.82) is 0 Å². The zero-order valence-corrected chi connectivity index (χ0v) is 15.4. The molecule has 2 N–H and O–H groups in total. The number of nitrogens with one attached hydrogen (secondary N) is 2. The Morgan fingerprint density at radius 3 is 2.07 bits per heavy atom. The predicted molar refractivity (Wildman–Crippen MR) is 106 cm³/mol. The molecule has 0 aromatic heterocycles. The molecule has 0 aliphatic carbocycles. The summed E-state index contributed by atoms with van der Waals surface area (Å²) in [5.74, 6) is -0.322. The van der Waals surface area contributed by atoms with E-state index in [9.17, 15) is 13.2 Å². The molecule has 0 unspecified atom stereocenters. The minimum Gasteiger partial charge on any atom is -0.352 e. The number of hydrogen-bond acceptors (Lipinski definition) is 3. The first-order chi connectivity index (χ1) is 13.1. The smallest absolute Gasteiger partial charge is 0.261 e. The van der Waals surface area contributed by atoms with Gasteiger partial charge in [0.1, 0.15) is 0 Å². The zero-order chi connectivity index (χ0) is 19.1. The molecule has 138 valence electrons. The Morgan fingerprint density at radius 2 is 1.37 bits per heavy atom. The number of rotatable bonds is 7. The highest BCUT2D eigenvalue weighted by molar-refractivity contribution is 7.92. The molecule has 0 bridgehead atoms. The van der Waals surface area contributed by atoms with Gasteiger partial charge in [-0.25, -0.2) is 8.42 Å². The van der Waals surface area contributed by atoms with Crippen molar-refractivity contribution in [2.45, 2.75) is 11.3 Å². The van der Waals surface area contributed by atoms with Crippen molar-refractivity contribution in [3.05, 3.63) is 96.1 Å². The highest BCUT2D eigenvalue weighted by Gasteiger charge is 2.18. The Kier molecular flexibility index (Phi) is 5.88. The summed E-state index contributed by atoms with van der Waals surface area (Å²) in [6, 6.07) is 24.4. The van der Waals surface area contributed by atoms with E-state index in [4.69, 9.17) is 0 Å². The lowest BCUT2D eigenvalue weighted by Gasteiger charge is -2.13. The zero-order valence-electron chi connectivity index (χ0n) is 14.6. The second-order valence-corrected chi connectivity index (χ2v) is 7.64. The molecule has 0 fully saturated rings. The van der Waals surface area contributed by atoms with E-state index >= 15 is 0 Å². The van der Waals surface area contributed by atoms with Crippen LogP contribution in [-0.4, -0.2) is 20.9 Å². The number of carbonyl (C=O) groups excluding carboxylic acids is 1. The topological polar surface area (TPSA) is 75.3 Å². The first-order valence-electron chi connectivity index (χ1n) is 8.55. The van der Waals surface area contributed by atoms with Crippen LogP contribution < -0.4 is 10.0 Å². The maximum absolute atomic E-state index is 12.5. The van der Waals surface area contributed by atoms with E-state index in [1.807, 2.05) is 30.3 Å². The van der Waals surface area contributed by atoms with Gasteiger partial charge in [-0.1, -0.05) is 60.7 Å². The summed E-state index contributed by atoms with van der Waals surface area (Å²) in [4.78, 5) is 12.7. The maximum atomic E-state index is 12.5. The molecule has 0 aliphatic heterocycles. The monoisotopic (exact) mass is 380 g/mol. The molecule has 0 radical (unpaired) electrons. The molecule has 0 saturated carbocycles. The molecule has 0 heterocycles. The van der Waals surface area contributed by atoms with Gasteiger partial charge in [-0.3, -0.25) is 9.52 Å². The van der Waals surface area contributed by atoms with Crippen molar-refractivity contribution in [1.82, 2.24) is 5.32 Å². The lowest BCUT2D eigenvalue weighted by Crippen LogP contribution is -2.27. The highest BCUT2D eigenvalue weighted by Crippen LogP contribution is 2.20. The largest absolute Gasteiger partial charge is 0.352 e. The van der Waals surface area contributed by atoms with Crippen molar-refractivity contribution in [3.63, 3.8) is 0 Å². The molecule has 5 nitrogen and oxygen atoms in total. The van der Waals surface area contributed by atoms with Crippen LogP contribution in [0.5, 0.6) is 0 Å². The van der Waals surface area contributed by atoms with Gasteiger partial charge in [0.25, 0.3) is 15.9 Å². The van der Waals surface area contributed by atoms with E-state index in [1.54, 1.807) is 42.5 Å². The lowest BCUT2D eigenvalue weighted by molar-refractivity contribution is 0.0955. The SMILES string of the molecule is O=C(NCCc1ccccc1)c1ccccc1NS(=O)(=O)c1ccccc1. The Hall–Kier alpha value is -3.12.